The molecule has 0 aliphatic heterocycles. The number of halogens is 2. The molecule has 0 spiro atoms. The second-order valence-electron chi connectivity index (χ2n) is 4.54. The fraction of sp³-hybridized carbons (Fsp3) is 0. The molecule has 0 fully saturated rings. The summed E-state index contributed by atoms with van der Waals surface area (Å²) >= 11 is 9.65. The predicted molar refractivity (Wildman–Crippen MR) is 90.0 cm³/mol. The lowest BCUT2D eigenvalue weighted by molar-refractivity contribution is 1.55. The molecule has 0 saturated heterocycles. The van der Waals surface area contributed by atoms with E-state index in [2.05, 4.69) is 70.5 Å². The lowest BCUT2D eigenvalue weighted by Gasteiger charge is -2.12. The van der Waals surface area contributed by atoms with Gasteiger partial charge in [-0.15, -0.1) is 0 Å². The molecule has 0 nitrogen and oxygen atoms in total. The van der Waals surface area contributed by atoms with Crippen LogP contribution >= 0.6 is 27.5 Å². The van der Waals surface area contributed by atoms with Gasteiger partial charge in [-0.3, -0.25) is 0 Å². The predicted octanol–water partition coefficient (Wildman–Crippen LogP) is 6.44. The van der Waals surface area contributed by atoms with Crippen LogP contribution in [0, 0.1) is 0 Å². The summed E-state index contributed by atoms with van der Waals surface area (Å²) in [6.45, 7) is 0. The highest BCUT2D eigenvalue weighted by molar-refractivity contribution is 9.10. The van der Waals surface area contributed by atoms with E-state index in [0.29, 0.717) is 0 Å². The van der Waals surface area contributed by atoms with E-state index in [-0.39, 0.29) is 0 Å². The van der Waals surface area contributed by atoms with E-state index >= 15 is 0 Å². The van der Waals surface area contributed by atoms with Crippen LogP contribution in [0.15, 0.2) is 77.3 Å². The van der Waals surface area contributed by atoms with Crippen LogP contribution in [0.5, 0.6) is 0 Å². The fourth-order valence-corrected chi connectivity index (χ4v) is 3.01. The van der Waals surface area contributed by atoms with E-state index < -0.39 is 0 Å². The molecule has 0 radical (unpaired) electrons. The summed E-state index contributed by atoms with van der Waals surface area (Å²) in [5, 5.41) is 0.752. The molecule has 3 rings (SSSR count). The molecule has 0 heterocycles. The molecule has 3 aromatic rings. The molecule has 0 aromatic heterocycles. The fourth-order valence-electron chi connectivity index (χ4n) is 2.29. The smallest absolute Gasteiger partial charge is 0.0406 e. The van der Waals surface area contributed by atoms with Crippen LogP contribution in [-0.2, 0) is 0 Å². The molecular weight excluding hydrogens is 332 g/mol. The Hall–Kier alpha value is -1.57. The molecule has 20 heavy (non-hydrogen) atoms. The summed E-state index contributed by atoms with van der Waals surface area (Å²) in [7, 11) is 0. The summed E-state index contributed by atoms with van der Waals surface area (Å²) in [6.07, 6.45) is 0. The van der Waals surface area contributed by atoms with Crippen molar-refractivity contribution in [3.8, 4) is 22.3 Å². The highest BCUT2D eigenvalue weighted by Gasteiger charge is 2.10. The quantitative estimate of drug-likeness (QED) is 0.502. The molecule has 3 aromatic carbocycles. The van der Waals surface area contributed by atoms with Gasteiger partial charge in [-0.25, -0.2) is 0 Å². The van der Waals surface area contributed by atoms with Crippen molar-refractivity contribution in [2.24, 2.45) is 0 Å². The molecule has 0 saturated carbocycles. The van der Waals surface area contributed by atoms with E-state index in [0.717, 1.165) is 15.1 Å². The molecule has 0 aliphatic carbocycles. The molecule has 0 N–H and O–H groups in total. The van der Waals surface area contributed by atoms with Gasteiger partial charge in [-0.2, -0.15) is 0 Å². The zero-order chi connectivity index (χ0) is 13.9. The first-order chi connectivity index (χ1) is 9.75. The Labute approximate surface area is 132 Å². The minimum atomic E-state index is 0.752. The van der Waals surface area contributed by atoms with E-state index in [9.17, 15) is 0 Å². The van der Waals surface area contributed by atoms with Crippen LogP contribution in [-0.4, -0.2) is 0 Å². The minimum Gasteiger partial charge on any atom is -0.0843 e. The van der Waals surface area contributed by atoms with Gasteiger partial charge < -0.3 is 0 Å². The maximum atomic E-state index is 5.98. The van der Waals surface area contributed by atoms with Crippen LogP contribution in [0.4, 0.5) is 0 Å². The zero-order valence-electron chi connectivity index (χ0n) is 10.7. The van der Waals surface area contributed by atoms with E-state index in [1.54, 1.807) is 0 Å². The van der Waals surface area contributed by atoms with E-state index in [4.69, 9.17) is 11.6 Å². The molecule has 0 unspecified atom stereocenters. The normalized spacial score (nSPS) is 10.5. The first-order valence-corrected chi connectivity index (χ1v) is 7.52. The maximum absolute atomic E-state index is 5.98. The van der Waals surface area contributed by atoms with Gasteiger partial charge >= 0.3 is 0 Å². The Balaban J connectivity index is 2.22. The molecule has 0 atom stereocenters. The summed E-state index contributed by atoms with van der Waals surface area (Å²) in [5.41, 5.74) is 4.76. The Bertz CT molecular complexity index is 718. The lowest BCUT2D eigenvalue weighted by atomic mass is 9.95. The van der Waals surface area contributed by atoms with Gasteiger partial charge in [0.15, 0.2) is 0 Å². The van der Waals surface area contributed by atoms with Crippen molar-refractivity contribution in [3.05, 3.63) is 82.3 Å². The summed E-state index contributed by atoms with van der Waals surface area (Å²) in [5.74, 6) is 0. The highest BCUT2D eigenvalue weighted by Crippen LogP contribution is 2.37. The third-order valence-electron chi connectivity index (χ3n) is 3.23. The van der Waals surface area contributed by atoms with Crippen LogP contribution in [0.3, 0.4) is 0 Å². The third-order valence-corrected chi connectivity index (χ3v) is 4.14. The average Bonchev–Trinajstić information content (AvgIpc) is 2.49. The van der Waals surface area contributed by atoms with Crippen LogP contribution in [0.25, 0.3) is 22.3 Å². The minimum absolute atomic E-state index is 0.752. The second-order valence-corrected chi connectivity index (χ2v) is 5.83. The second kappa shape index (κ2) is 5.82. The molecule has 0 amide bonds. The van der Waals surface area contributed by atoms with E-state index in [1.807, 2.05) is 18.2 Å². The van der Waals surface area contributed by atoms with Crippen molar-refractivity contribution < 1.29 is 0 Å². The highest BCUT2D eigenvalue weighted by atomic mass is 79.9. The van der Waals surface area contributed by atoms with Crippen molar-refractivity contribution >= 4 is 27.5 Å². The number of hydrogen-bond donors (Lipinski definition) is 0. The van der Waals surface area contributed by atoms with Crippen LogP contribution in [0.2, 0.25) is 5.02 Å². The lowest BCUT2D eigenvalue weighted by Crippen LogP contribution is -1.86. The Morgan fingerprint density at radius 2 is 1.35 bits per heavy atom. The van der Waals surface area contributed by atoms with Gasteiger partial charge in [0.25, 0.3) is 0 Å². The number of rotatable bonds is 2. The van der Waals surface area contributed by atoms with Gasteiger partial charge in [-0.1, -0.05) is 82.1 Å². The Kier molecular flexibility index (Phi) is 3.90. The largest absolute Gasteiger partial charge is 0.0843 e. The van der Waals surface area contributed by atoms with Crippen LogP contribution in [0.1, 0.15) is 0 Å². The summed E-state index contributed by atoms with van der Waals surface area (Å²) < 4.78 is 1.08. The topological polar surface area (TPSA) is 0 Å². The van der Waals surface area contributed by atoms with Gasteiger partial charge in [0.05, 0.1) is 0 Å². The molecular formula is C18H12BrCl. The zero-order valence-corrected chi connectivity index (χ0v) is 13.0. The van der Waals surface area contributed by atoms with Gasteiger partial charge in [-0.05, 0) is 34.9 Å². The van der Waals surface area contributed by atoms with Gasteiger partial charge in [0.1, 0.15) is 0 Å². The van der Waals surface area contributed by atoms with Crippen molar-refractivity contribution in [3.63, 3.8) is 0 Å². The first kappa shape index (κ1) is 13.4. The van der Waals surface area contributed by atoms with Crippen molar-refractivity contribution in [2.75, 3.05) is 0 Å². The molecule has 0 bridgehead atoms. The molecule has 2 heteroatoms. The number of hydrogen-bond acceptors (Lipinski definition) is 0. The van der Waals surface area contributed by atoms with Crippen molar-refractivity contribution in [1.29, 1.82) is 0 Å². The van der Waals surface area contributed by atoms with Crippen molar-refractivity contribution in [2.45, 2.75) is 0 Å². The van der Waals surface area contributed by atoms with Gasteiger partial charge in [0.2, 0.25) is 0 Å². The first-order valence-electron chi connectivity index (χ1n) is 6.35. The summed E-state index contributed by atoms with van der Waals surface area (Å²) in [4.78, 5) is 0. The Morgan fingerprint density at radius 3 is 2.05 bits per heavy atom. The maximum Gasteiger partial charge on any atom is 0.0406 e. The van der Waals surface area contributed by atoms with Crippen molar-refractivity contribution in [1.82, 2.24) is 0 Å². The SMILES string of the molecule is Clc1ccc(-c2c(Br)cccc2-c2ccccc2)cc1. The summed E-state index contributed by atoms with van der Waals surface area (Å²) in [6, 6.07) is 24.6. The number of benzene rings is 3. The molecule has 0 aliphatic rings. The van der Waals surface area contributed by atoms with Gasteiger partial charge in [0, 0.05) is 15.1 Å². The monoisotopic (exact) mass is 342 g/mol. The average molecular weight is 344 g/mol. The van der Waals surface area contributed by atoms with E-state index in [1.165, 1.54) is 16.7 Å². The molecule has 98 valence electrons. The Morgan fingerprint density at radius 1 is 0.650 bits per heavy atom. The standard InChI is InChI=1S/C18H12BrCl/c19-17-8-4-7-16(13-5-2-1-3-6-13)18(17)14-9-11-15(20)12-10-14/h1-12H. The van der Waals surface area contributed by atoms with Crippen LogP contribution < -0.4 is 0 Å². The third kappa shape index (κ3) is 2.65.